The molecule has 0 aliphatic heterocycles. The van der Waals surface area contributed by atoms with Gasteiger partial charge in [-0.25, -0.2) is 0 Å². The van der Waals surface area contributed by atoms with Crippen LogP contribution in [0, 0.1) is 0 Å². The van der Waals surface area contributed by atoms with Gasteiger partial charge in [-0.1, -0.05) is 20.4 Å². The summed E-state index contributed by atoms with van der Waals surface area (Å²) in [5, 5.41) is 6.83. The summed E-state index contributed by atoms with van der Waals surface area (Å²) in [6.45, 7) is 12.4. The molecule has 0 bridgehead atoms. The van der Waals surface area contributed by atoms with Crippen LogP contribution in [-0.4, -0.2) is 12.4 Å². The second-order valence-corrected chi connectivity index (χ2v) is 1.09. The van der Waals surface area contributed by atoms with Crippen molar-refractivity contribution in [2.75, 3.05) is 0 Å². The minimum absolute atomic E-state index is 0.787. The second-order valence-electron chi connectivity index (χ2n) is 1.09. The first-order chi connectivity index (χ1) is 4.31. The van der Waals surface area contributed by atoms with E-state index < -0.39 is 0 Å². The topological polar surface area (TPSA) is 24.7 Å². The van der Waals surface area contributed by atoms with Gasteiger partial charge in [-0.05, 0) is 13.0 Å². The highest BCUT2D eigenvalue weighted by Crippen LogP contribution is 1.75. The van der Waals surface area contributed by atoms with E-state index in [4.69, 9.17) is 0 Å². The predicted molar refractivity (Wildman–Crippen MR) is 44.2 cm³/mol. The van der Waals surface area contributed by atoms with Gasteiger partial charge < -0.3 is 0 Å². The molecule has 2 heteroatoms. The average Bonchev–Trinajstić information content (AvgIpc) is 1.93. The fourth-order valence-corrected chi connectivity index (χ4v) is 0.152. The first-order valence-electron chi connectivity index (χ1n) is 2.94. The molecular formula is C7H14N2. The molecule has 0 fully saturated rings. The fourth-order valence-electron chi connectivity index (χ4n) is 0.152. The maximum Gasteiger partial charge on any atom is 0.0593 e. The molecule has 0 heterocycles. The van der Waals surface area contributed by atoms with E-state index in [9.17, 15) is 0 Å². The third-order valence-electron chi connectivity index (χ3n) is 0.524. The quantitative estimate of drug-likeness (QED) is 0.400. The van der Waals surface area contributed by atoms with Gasteiger partial charge in [-0.15, -0.1) is 0 Å². The van der Waals surface area contributed by atoms with Crippen LogP contribution < -0.4 is 0 Å². The highest BCUT2D eigenvalue weighted by molar-refractivity contribution is 5.92. The van der Waals surface area contributed by atoms with E-state index >= 15 is 0 Å². The van der Waals surface area contributed by atoms with Gasteiger partial charge in [0.2, 0.25) is 0 Å². The van der Waals surface area contributed by atoms with Crippen LogP contribution in [0.5, 0.6) is 0 Å². The van der Waals surface area contributed by atoms with Gasteiger partial charge in [0.1, 0.15) is 0 Å². The second kappa shape index (κ2) is 10.1. The van der Waals surface area contributed by atoms with E-state index in [2.05, 4.69) is 23.5 Å². The Morgan fingerprint density at radius 1 is 1.44 bits per heavy atom. The van der Waals surface area contributed by atoms with Crippen LogP contribution in [-0.2, 0) is 0 Å². The van der Waals surface area contributed by atoms with Crippen molar-refractivity contribution in [1.29, 1.82) is 0 Å². The summed E-state index contributed by atoms with van der Waals surface area (Å²) in [7, 11) is 0. The lowest BCUT2D eigenvalue weighted by Gasteiger charge is -1.78. The molecule has 0 saturated carbocycles. The van der Waals surface area contributed by atoms with E-state index in [1.54, 1.807) is 6.08 Å². The summed E-state index contributed by atoms with van der Waals surface area (Å²) in [6, 6.07) is 0. The molecule has 0 spiro atoms. The Labute approximate surface area is 57.0 Å². The fraction of sp³-hybridized carbons (Fsp3) is 0.429. The van der Waals surface area contributed by atoms with Gasteiger partial charge in [-0.3, -0.25) is 0 Å². The predicted octanol–water partition coefficient (Wildman–Crippen LogP) is 2.28. The van der Waals surface area contributed by atoms with E-state index in [1.807, 2.05) is 20.8 Å². The maximum absolute atomic E-state index is 3.56. The molecule has 2 nitrogen and oxygen atoms in total. The van der Waals surface area contributed by atoms with Crippen LogP contribution in [0.25, 0.3) is 0 Å². The molecule has 0 unspecified atom stereocenters. The van der Waals surface area contributed by atoms with Crippen LogP contribution >= 0.6 is 0 Å². The summed E-state index contributed by atoms with van der Waals surface area (Å²) in [4.78, 5) is 0. The normalized spacial score (nSPS) is 9.00. The lowest BCUT2D eigenvalue weighted by atomic mass is 10.4. The molecule has 0 aliphatic carbocycles. The maximum atomic E-state index is 3.56. The zero-order valence-corrected chi connectivity index (χ0v) is 6.39. The first kappa shape index (κ1) is 11.0. The van der Waals surface area contributed by atoms with Crippen molar-refractivity contribution in [3.05, 3.63) is 12.7 Å². The highest BCUT2D eigenvalue weighted by atomic mass is 15.2. The molecule has 0 radical (unpaired) electrons. The number of hydrogen-bond acceptors (Lipinski definition) is 2. The van der Waals surface area contributed by atoms with Crippen molar-refractivity contribution in [3.8, 4) is 0 Å². The number of nitrogens with zero attached hydrogens (tertiary/aromatic N) is 2. The number of rotatable bonds is 2. The highest BCUT2D eigenvalue weighted by Gasteiger charge is 1.72. The zero-order valence-electron chi connectivity index (χ0n) is 6.39. The van der Waals surface area contributed by atoms with Crippen LogP contribution in [0.1, 0.15) is 20.8 Å². The summed E-state index contributed by atoms with van der Waals surface area (Å²) in [5.74, 6) is 0. The number of hydrogen-bond donors (Lipinski definition) is 0. The summed E-state index contributed by atoms with van der Waals surface area (Å²) >= 11 is 0. The minimum atomic E-state index is 0.787. The van der Waals surface area contributed by atoms with Gasteiger partial charge in [0.05, 0.1) is 5.71 Å². The molecule has 0 N–H and O–H groups in total. The van der Waals surface area contributed by atoms with Crippen molar-refractivity contribution < 1.29 is 0 Å². The Kier molecular flexibility index (Phi) is 12.3. The molecule has 0 aromatic carbocycles. The molecule has 9 heavy (non-hydrogen) atoms. The SMILES string of the molecule is C=C/C(C)=N\N=C.CC. The standard InChI is InChI=1S/C5H8N2.C2H6/c1-4-5(2)7-6-3;1-2/h4H,1,3H2,2H3;1-2H3/b7-5-;. The molecule has 0 atom stereocenters. The van der Waals surface area contributed by atoms with Crippen molar-refractivity contribution in [1.82, 2.24) is 0 Å². The van der Waals surface area contributed by atoms with Crippen LogP contribution in [0.4, 0.5) is 0 Å². The Morgan fingerprint density at radius 2 is 1.89 bits per heavy atom. The Bertz CT molecular complexity index is 103. The van der Waals surface area contributed by atoms with Crippen molar-refractivity contribution in [3.63, 3.8) is 0 Å². The molecule has 52 valence electrons. The van der Waals surface area contributed by atoms with E-state index in [0.29, 0.717) is 0 Å². The summed E-state index contributed by atoms with van der Waals surface area (Å²) < 4.78 is 0. The van der Waals surface area contributed by atoms with E-state index in [1.165, 1.54) is 0 Å². The summed E-state index contributed by atoms with van der Waals surface area (Å²) in [5.41, 5.74) is 0.787. The van der Waals surface area contributed by atoms with Gasteiger partial charge in [0, 0.05) is 6.72 Å². The Morgan fingerprint density at radius 3 is 2.00 bits per heavy atom. The smallest absolute Gasteiger partial charge is 0.0593 e. The first-order valence-corrected chi connectivity index (χ1v) is 2.94. The minimum Gasteiger partial charge on any atom is -0.167 e. The van der Waals surface area contributed by atoms with Gasteiger partial charge >= 0.3 is 0 Å². The summed E-state index contributed by atoms with van der Waals surface area (Å²) in [6.07, 6.45) is 1.62. The van der Waals surface area contributed by atoms with Crippen molar-refractivity contribution in [2.45, 2.75) is 20.8 Å². The molecular weight excluding hydrogens is 112 g/mol. The van der Waals surface area contributed by atoms with Crippen LogP contribution in [0.15, 0.2) is 22.9 Å². The Hall–Kier alpha value is -0.920. The largest absolute Gasteiger partial charge is 0.167 e. The molecule has 0 aromatic rings. The lowest BCUT2D eigenvalue weighted by Crippen LogP contribution is -1.77. The third kappa shape index (κ3) is 11.0. The van der Waals surface area contributed by atoms with Crippen molar-refractivity contribution >= 4 is 12.4 Å². The lowest BCUT2D eigenvalue weighted by molar-refractivity contribution is 1.26. The van der Waals surface area contributed by atoms with Gasteiger partial charge in [-0.2, -0.15) is 10.2 Å². The zero-order chi connectivity index (χ0) is 7.70. The molecule has 0 rings (SSSR count). The molecule has 0 saturated heterocycles. The Balaban J connectivity index is 0. The molecule has 0 amide bonds. The van der Waals surface area contributed by atoms with Crippen molar-refractivity contribution in [2.24, 2.45) is 10.2 Å². The van der Waals surface area contributed by atoms with E-state index in [-0.39, 0.29) is 0 Å². The molecule has 0 aliphatic rings. The number of allylic oxidation sites excluding steroid dienone is 1. The monoisotopic (exact) mass is 126 g/mol. The van der Waals surface area contributed by atoms with Crippen LogP contribution in [0.2, 0.25) is 0 Å². The third-order valence-corrected chi connectivity index (χ3v) is 0.524. The van der Waals surface area contributed by atoms with Crippen LogP contribution in [0.3, 0.4) is 0 Å². The average molecular weight is 126 g/mol. The van der Waals surface area contributed by atoms with Gasteiger partial charge in [0.15, 0.2) is 0 Å². The molecule has 0 aromatic heterocycles. The van der Waals surface area contributed by atoms with E-state index in [0.717, 1.165) is 5.71 Å². The van der Waals surface area contributed by atoms with Gasteiger partial charge in [0.25, 0.3) is 0 Å².